The number of ether oxygens (including phenoxy) is 1. The third kappa shape index (κ3) is 3.93. The summed E-state index contributed by atoms with van der Waals surface area (Å²) in [5.74, 6) is -0.312. The van der Waals surface area contributed by atoms with Crippen molar-refractivity contribution in [1.82, 2.24) is 4.90 Å². The topological polar surface area (TPSA) is 29.5 Å². The highest BCUT2D eigenvalue weighted by molar-refractivity contribution is 9.10. The predicted molar refractivity (Wildman–Crippen MR) is 108 cm³/mol. The van der Waals surface area contributed by atoms with Gasteiger partial charge in [-0.1, -0.05) is 46.3 Å². The smallest absolute Gasteiger partial charge is 0.411 e. The Hall–Kier alpha value is -2.14. The van der Waals surface area contributed by atoms with Crippen molar-refractivity contribution in [3.8, 4) is 0 Å². The molecule has 142 valence electrons. The van der Waals surface area contributed by atoms with Gasteiger partial charge in [0, 0.05) is 23.4 Å². The van der Waals surface area contributed by atoms with Crippen LogP contribution in [0.5, 0.6) is 0 Å². The molecule has 27 heavy (non-hydrogen) atoms. The number of hydrogen-bond donors (Lipinski definition) is 0. The zero-order valence-corrected chi connectivity index (χ0v) is 17.1. The van der Waals surface area contributed by atoms with Crippen LogP contribution in [0.3, 0.4) is 0 Å². The number of carbonyl (C=O) groups excluding carboxylic acids is 1. The van der Waals surface area contributed by atoms with Crippen molar-refractivity contribution in [2.75, 3.05) is 0 Å². The molecule has 2 aromatic carbocycles. The average Bonchev–Trinajstić information content (AvgIpc) is 2.62. The molecule has 1 aliphatic heterocycles. The second-order valence-electron chi connectivity index (χ2n) is 7.05. The number of halogens is 2. The van der Waals surface area contributed by atoms with Crippen LogP contribution in [0.15, 0.2) is 65.7 Å². The summed E-state index contributed by atoms with van der Waals surface area (Å²) in [7, 11) is 0. The molecule has 1 heterocycles. The largest absolute Gasteiger partial charge is 0.437 e. The van der Waals surface area contributed by atoms with Crippen molar-refractivity contribution >= 4 is 22.0 Å². The van der Waals surface area contributed by atoms with Gasteiger partial charge in [-0.3, -0.25) is 4.90 Å². The van der Waals surface area contributed by atoms with Crippen LogP contribution in [-0.2, 0) is 10.3 Å². The Morgan fingerprint density at radius 2 is 1.93 bits per heavy atom. The van der Waals surface area contributed by atoms with Gasteiger partial charge in [0.1, 0.15) is 11.4 Å². The monoisotopic (exact) mass is 431 g/mol. The van der Waals surface area contributed by atoms with E-state index in [9.17, 15) is 9.18 Å². The van der Waals surface area contributed by atoms with Gasteiger partial charge in [0.25, 0.3) is 0 Å². The summed E-state index contributed by atoms with van der Waals surface area (Å²) >= 11 is 3.44. The van der Waals surface area contributed by atoms with E-state index in [0.717, 1.165) is 15.6 Å². The molecular formula is C22H23BrFNO2. The fourth-order valence-corrected chi connectivity index (χ4v) is 4.13. The fraction of sp³-hybridized carbons (Fsp3) is 0.318. The van der Waals surface area contributed by atoms with Gasteiger partial charge >= 0.3 is 6.09 Å². The van der Waals surface area contributed by atoms with Gasteiger partial charge < -0.3 is 4.74 Å². The molecule has 3 atom stereocenters. The first-order chi connectivity index (χ1) is 12.9. The molecule has 1 saturated heterocycles. The van der Waals surface area contributed by atoms with Crippen LogP contribution < -0.4 is 0 Å². The van der Waals surface area contributed by atoms with E-state index in [1.807, 2.05) is 38.1 Å². The van der Waals surface area contributed by atoms with Gasteiger partial charge in [0.05, 0.1) is 6.04 Å². The molecule has 0 saturated carbocycles. The number of rotatable bonds is 5. The molecule has 0 spiro atoms. The SMILES string of the molecule is C=CC[C@]1(c2ccc(F)cc2)C[C@@H](C)N([C@@H](C)c2ccc(Br)cc2)C(=O)O1. The lowest BCUT2D eigenvalue weighted by Gasteiger charge is -2.47. The minimum absolute atomic E-state index is 0.0464. The third-order valence-electron chi connectivity index (χ3n) is 5.21. The first-order valence-electron chi connectivity index (χ1n) is 9.00. The number of cyclic esters (lactones) is 1. The van der Waals surface area contributed by atoms with Crippen molar-refractivity contribution < 1.29 is 13.9 Å². The number of amides is 1. The first kappa shape index (κ1) is 19.6. The molecule has 3 nitrogen and oxygen atoms in total. The Labute approximate surface area is 168 Å². The van der Waals surface area contributed by atoms with Crippen LogP contribution in [0.2, 0.25) is 0 Å². The van der Waals surface area contributed by atoms with Gasteiger partial charge in [-0.2, -0.15) is 0 Å². The fourth-order valence-electron chi connectivity index (χ4n) is 3.87. The van der Waals surface area contributed by atoms with Crippen molar-refractivity contribution in [2.24, 2.45) is 0 Å². The molecule has 0 aliphatic carbocycles. The van der Waals surface area contributed by atoms with Crippen LogP contribution in [0.1, 0.15) is 43.9 Å². The maximum absolute atomic E-state index is 13.4. The quantitative estimate of drug-likeness (QED) is 0.515. The summed E-state index contributed by atoms with van der Waals surface area (Å²) in [5.41, 5.74) is 1.02. The predicted octanol–water partition coefficient (Wildman–Crippen LogP) is 6.35. The molecule has 5 heteroatoms. The standard InChI is InChI=1S/C22H23BrFNO2/c1-4-13-22(18-7-11-20(24)12-8-18)14-15(2)25(21(26)27-22)16(3)17-5-9-19(23)10-6-17/h4-12,15-16H,1,13-14H2,2-3H3/t15-,16+,22-/m1/s1. The molecular weight excluding hydrogens is 409 g/mol. The van der Waals surface area contributed by atoms with Gasteiger partial charge in [0.15, 0.2) is 0 Å². The van der Waals surface area contributed by atoms with Gasteiger partial charge in [-0.05, 0) is 49.2 Å². The third-order valence-corrected chi connectivity index (χ3v) is 5.74. The van der Waals surface area contributed by atoms with Gasteiger partial charge in [-0.15, -0.1) is 6.58 Å². The summed E-state index contributed by atoms with van der Waals surface area (Å²) in [4.78, 5) is 14.8. The minimum atomic E-state index is -0.818. The van der Waals surface area contributed by atoms with Crippen LogP contribution in [0.25, 0.3) is 0 Å². The zero-order chi connectivity index (χ0) is 19.6. The maximum atomic E-state index is 13.4. The summed E-state index contributed by atoms with van der Waals surface area (Å²) in [6.07, 6.45) is 2.47. The zero-order valence-electron chi connectivity index (χ0n) is 15.5. The van der Waals surface area contributed by atoms with Crippen LogP contribution in [0.4, 0.5) is 9.18 Å². The number of benzene rings is 2. The molecule has 1 aliphatic rings. The molecule has 0 unspecified atom stereocenters. The normalized spacial score (nSPS) is 23.6. The van der Waals surface area contributed by atoms with E-state index in [-0.39, 0.29) is 24.0 Å². The minimum Gasteiger partial charge on any atom is -0.437 e. The lowest BCUT2D eigenvalue weighted by Crippen LogP contribution is -2.53. The summed E-state index contributed by atoms with van der Waals surface area (Å²) in [6, 6.07) is 13.9. The van der Waals surface area contributed by atoms with Crippen molar-refractivity contribution in [2.45, 2.75) is 44.4 Å². The molecule has 0 N–H and O–H groups in total. The number of nitrogens with zero attached hydrogens (tertiary/aromatic N) is 1. The summed E-state index contributed by atoms with van der Waals surface area (Å²) < 4.78 is 20.3. The van der Waals surface area contributed by atoms with E-state index < -0.39 is 5.60 Å². The van der Waals surface area contributed by atoms with Crippen LogP contribution in [-0.4, -0.2) is 17.0 Å². The molecule has 0 bridgehead atoms. The summed E-state index contributed by atoms with van der Waals surface area (Å²) in [6.45, 7) is 7.84. The number of hydrogen-bond acceptors (Lipinski definition) is 2. The molecule has 0 aromatic heterocycles. The van der Waals surface area contributed by atoms with E-state index in [1.54, 1.807) is 23.1 Å². The lowest BCUT2D eigenvalue weighted by molar-refractivity contribution is -0.0785. The van der Waals surface area contributed by atoms with E-state index in [2.05, 4.69) is 22.5 Å². The van der Waals surface area contributed by atoms with E-state index in [4.69, 9.17) is 4.74 Å². The Balaban J connectivity index is 1.90. The highest BCUT2D eigenvalue weighted by Crippen LogP contribution is 2.42. The molecule has 1 fully saturated rings. The Morgan fingerprint density at radius 3 is 2.48 bits per heavy atom. The Bertz CT molecular complexity index is 821. The second-order valence-corrected chi connectivity index (χ2v) is 7.97. The Kier molecular flexibility index (Phi) is 5.70. The van der Waals surface area contributed by atoms with E-state index >= 15 is 0 Å². The van der Waals surface area contributed by atoms with E-state index in [0.29, 0.717) is 12.8 Å². The van der Waals surface area contributed by atoms with Gasteiger partial charge in [0.2, 0.25) is 0 Å². The lowest BCUT2D eigenvalue weighted by atomic mass is 9.82. The molecule has 0 radical (unpaired) electrons. The average molecular weight is 432 g/mol. The first-order valence-corrected chi connectivity index (χ1v) is 9.79. The van der Waals surface area contributed by atoms with Crippen LogP contribution in [0, 0.1) is 5.82 Å². The maximum Gasteiger partial charge on any atom is 0.411 e. The van der Waals surface area contributed by atoms with Crippen molar-refractivity contribution in [3.63, 3.8) is 0 Å². The molecule has 3 rings (SSSR count). The highest BCUT2D eigenvalue weighted by atomic mass is 79.9. The second kappa shape index (κ2) is 7.85. The van der Waals surface area contributed by atoms with Crippen molar-refractivity contribution in [3.05, 3.63) is 82.6 Å². The highest BCUT2D eigenvalue weighted by Gasteiger charge is 2.46. The Morgan fingerprint density at radius 1 is 1.30 bits per heavy atom. The van der Waals surface area contributed by atoms with Crippen LogP contribution >= 0.6 is 15.9 Å². The molecule has 2 aromatic rings. The van der Waals surface area contributed by atoms with Gasteiger partial charge in [-0.25, -0.2) is 9.18 Å². The molecule has 1 amide bonds. The van der Waals surface area contributed by atoms with Crippen molar-refractivity contribution in [1.29, 1.82) is 0 Å². The van der Waals surface area contributed by atoms with E-state index in [1.165, 1.54) is 12.1 Å². The summed E-state index contributed by atoms with van der Waals surface area (Å²) in [5, 5.41) is 0. The number of carbonyl (C=O) groups is 1.